The minimum absolute atomic E-state index is 0. The van der Waals surface area contributed by atoms with Gasteiger partial charge in [0, 0.05) is 17.6 Å². The molecule has 21 heavy (non-hydrogen) atoms. The molecule has 2 N–H and O–H groups in total. The van der Waals surface area contributed by atoms with Crippen molar-refractivity contribution >= 4 is 40.6 Å². The van der Waals surface area contributed by atoms with E-state index in [2.05, 4.69) is 33.9 Å². The van der Waals surface area contributed by atoms with Gasteiger partial charge >= 0.3 is 0 Å². The van der Waals surface area contributed by atoms with Crippen LogP contribution in [-0.4, -0.2) is 32.8 Å². The standard InChI is InChI=1S/C12H19N5OS2.ClH/c1-4-19-8(2)11-15-10(18-16-11)7-17(3)6-9-5-14-12(13)20-9;/h5,8H,4,6-7H2,1-3H3,(H2,13,14);1H. The van der Waals surface area contributed by atoms with Crippen molar-refractivity contribution in [2.24, 2.45) is 0 Å². The van der Waals surface area contributed by atoms with Gasteiger partial charge in [0.05, 0.1) is 11.8 Å². The average Bonchev–Trinajstić information content (AvgIpc) is 2.99. The number of nitrogen functional groups attached to an aromatic ring is 1. The van der Waals surface area contributed by atoms with E-state index in [0.29, 0.717) is 17.6 Å². The number of thiazole rings is 1. The Labute approximate surface area is 138 Å². The molecule has 2 aromatic rings. The minimum atomic E-state index is 0. The Morgan fingerprint density at radius 3 is 2.86 bits per heavy atom. The molecule has 9 heteroatoms. The lowest BCUT2D eigenvalue weighted by Crippen LogP contribution is -2.16. The van der Waals surface area contributed by atoms with Crippen molar-refractivity contribution in [2.45, 2.75) is 32.2 Å². The normalized spacial score (nSPS) is 12.4. The van der Waals surface area contributed by atoms with Gasteiger partial charge in [-0.2, -0.15) is 16.7 Å². The maximum absolute atomic E-state index is 5.62. The first kappa shape index (κ1) is 18.2. The van der Waals surface area contributed by atoms with E-state index >= 15 is 0 Å². The predicted molar refractivity (Wildman–Crippen MR) is 89.8 cm³/mol. The number of hydrogen-bond acceptors (Lipinski definition) is 8. The molecule has 0 fully saturated rings. The quantitative estimate of drug-likeness (QED) is 0.822. The molecule has 0 bridgehead atoms. The van der Waals surface area contributed by atoms with E-state index in [1.54, 1.807) is 18.0 Å². The van der Waals surface area contributed by atoms with Crippen LogP contribution in [0.3, 0.4) is 0 Å². The van der Waals surface area contributed by atoms with Gasteiger partial charge in [0.1, 0.15) is 0 Å². The van der Waals surface area contributed by atoms with Crippen molar-refractivity contribution in [3.8, 4) is 0 Å². The Morgan fingerprint density at radius 1 is 1.48 bits per heavy atom. The zero-order valence-electron chi connectivity index (χ0n) is 12.3. The molecule has 2 heterocycles. The van der Waals surface area contributed by atoms with Gasteiger partial charge in [0.25, 0.3) is 0 Å². The Morgan fingerprint density at radius 2 is 2.24 bits per heavy atom. The number of anilines is 1. The number of thioether (sulfide) groups is 1. The van der Waals surface area contributed by atoms with Crippen molar-refractivity contribution < 1.29 is 4.52 Å². The highest BCUT2D eigenvalue weighted by molar-refractivity contribution is 7.99. The van der Waals surface area contributed by atoms with Crippen molar-refractivity contribution in [1.82, 2.24) is 20.0 Å². The van der Waals surface area contributed by atoms with Gasteiger partial charge in [0.15, 0.2) is 11.0 Å². The summed E-state index contributed by atoms with van der Waals surface area (Å²) in [6.07, 6.45) is 1.80. The zero-order valence-corrected chi connectivity index (χ0v) is 14.7. The van der Waals surface area contributed by atoms with Gasteiger partial charge < -0.3 is 10.3 Å². The molecule has 0 saturated carbocycles. The molecule has 0 spiro atoms. The minimum Gasteiger partial charge on any atom is -0.375 e. The first-order valence-corrected chi connectivity index (χ1v) is 8.27. The summed E-state index contributed by atoms with van der Waals surface area (Å²) < 4.78 is 5.29. The lowest BCUT2D eigenvalue weighted by atomic mass is 10.4. The summed E-state index contributed by atoms with van der Waals surface area (Å²) in [6.45, 7) is 5.60. The molecule has 0 aliphatic rings. The molecule has 2 aromatic heterocycles. The van der Waals surface area contributed by atoms with Crippen LogP contribution >= 0.6 is 35.5 Å². The van der Waals surface area contributed by atoms with E-state index in [9.17, 15) is 0 Å². The summed E-state index contributed by atoms with van der Waals surface area (Å²) in [5, 5.41) is 4.90. The van der Waals surface area contributed by atoms with Crippen LogP contribution in [-0.2, 0) is 13.1 Å². The highest BCUT2D eigenvalue weighted by Gasteiger charge is 2.15. The van der Waals surface area contributed by atoms with Crippen molar-refractivity contribution in [1.29, 1.82) is 0 Å². The third-order valence-electron chi connectivity index (χ3n) is 2.67. The molecule has 2 rings (SSSR count). The third-order valence-corrected chi connectivity index (χ3v) is 4.52. The second-order valence-electron chi connectivity index (χ2n) is 4.48. The van der Waals surface area contributed by atoms with E-state index in [0.717, 1.165) is 23.0 Å². The van der Waals surface area contributed by atoms with E-state index in [4.69, 9.17) is 10.3 Å². The SMILES string of the molecule is CCSC(C)c1noc(CN(C)Cc2cnc(N)s2)n1.Cl. The van der Waals surface area contributed by atoms with Crippen LogP contribution in [0.4, 0.5) is 5.13 Å². The predicted octanol–water partition coefficient (Wildman–Crippen LogP) is 2.98. The van der Waals surface area contributed by atoms with Gasteiger partial charge in [-0.3, -0.25) is 4.90 Å². The molecule has 0 radical (unpaired) electrons. The van der Waals surface area contributed by atoms with E-state index < -0.39 is 0 Å². The van der Waals surface area contributed by atoms with Crippen molar-refractivity contribution in [3.63, 3.8) is 0 Å². The molecule has 0 amide bonds. The van der Waals surface area contributed by atoms with Crippen molar-refractivity contribution in [3.05, 3.63) is 22.8 Å². The van der Waals surface area contributed by atoms with Crippen LogP contribution in [0.25, 0.3) is 0 Å². The van der Waals surface area contributed by atoms with Crippen LogP contribution in [0, 0.1) is 0 Å². The number of hydrogen-bond donors (Lipinski definition) is 1. The lowest BCUT2D eigenvalue weighted by molar-refractivity contribution is 0.261. The monoisotopic (exact) mass is 349 g/mol. The second-order valence-corrected chi connectivity index (χ2v) is 7.25. The van der Waals surface area contributed by atoms with Gasteiger partial charge in [-0.25, -0.2) is 4.98 Å². The maximum Gasteiger partial charge on any atom is 0.240 e. The topological polar surface area (TPSA) is 81.1 Å². The molecule has 1 atom stereocenters. The zero-order chi connectivity index (χ0) is 14.5. The van der Waals surface area contributed by atoms with Gasteiger partial charge in [-0.15, -0.1) is 23.7 Å². The number of nitrogens with zero attached hydrogens (tertiary/aromatic N) is 4. The summed E-state index contributed by atoms with van der Waals surface area (Å²) in [6, 6.07) is 0. The lowest BCUT2D eigenvalue weighted by Gasteiger charge is -2.11. The van der Waals surface area contributed by atoms with E-state index in [-0.39, 0.29) is 17.7 Å². The van der Waals surface area contributed by atoms with Crippen LogP contribution in [0.1, 0.15) is 35.7 Å². The van der Waals surface area contributed by atoms with Crippen LogP contribution < -0.4 is 5.73 Å². The molecule has 6 nitrogen and oxygen atoms in total. The summed E-state index contributed by atoms with van der Waals surface area (Å²) in [7, 11) is 2.00. The molecule has 0 aromatic carbocycles. The fourth-order valence-electron chi connectivity index (χ4n) is 1.77. The maximum atomic E-state index is 5.62. The summed E-state index contributed by atoms with van der Waals surface area (Å²) >= 11 is 3.30. The summed E-state index contributed by atoms with van der Waals surface area (Å²) in [5.74, 6) is 2.45. The number of nitrogens with two attached hydrogens (primary N) is 1. The molecule has 1 unspecified atom stereocenters. The summed E-state index contributed by atoms with van der Waals surface area (Å²) in [4.78, 5) is 11.7. The highest BCUT2D eigenvalue weighted by Crippen LogP contribution is 2.25. The van der Waals surface area contributed by atoms with E-state index in [1.165, 1.54) is 11.3 Å². The molecule has 0 aliphatic heterocycles. The summed E-state index contributed by atoms with van der Waals surface area (Å²) in [5.41, 5.74) is 5.62. The van der Waals surface area contributed by atoms with Crippen LogP contribution in [0.5, 0.6) is 0 Å². The smallest absolute Gasteiger partial charge is 0.240 e. The Hall–Kier alpha value is -0.830. The molecule has 118 valence electrons. The Balaban J connectivity index is 0.00000220. The first-order chi connectivity index (χ1) is 9.58. The number of aromatic nitrogens is 3. The van der Waals surface area contributed by atoms with Crippen molar-refractivity contribution in [2.75, 3.05) is 18.5 Å². The molecular weight excluding hydrogens is 330 g/mol. The molecule has 0 aliphatic carbocycles. The fraction of sp³-hybridized carbons (Fsp3) is 0.583. The molecular formula is C12H20ClN5OS2. The van der Waals surface area contributed by atoms with Gasteiger partial charge in [-0.1, -0.05) is 12.1 Å². The Kier molecular flexibility index (Phi) is 7.44. The number of halogens is 1. The molecule has 0 saturated heterocycles. The van der Waals surface area contributed by atoms with Crippen LogP contribution in [0.15, 0.2) is 10.7 Å². The van der Waals surface area contributed by atoms with Crippen LogP contribution in [0.2, 0.25) is 0 Å². The first-order valence-electron chi connectivity index (χ1n) is 6.41. The number of rotatable bonds is 7. The fourth-order valence-corrected chi connectivity index (χ4v) is 3.28. The highest BCUT2D eigenvalue weighted by atomic mass is 35.5. The largest absolute Gasteiger partial charge is 0.375 e. The van der Waals surface area contributed by atoms with E-state index in [1.807, 2.05) is 7.05 Å². The average molecular weight is 350 g/mol. The third kappa shape index (κ3) is 5.46. The van der Waals surface area contributed by atoms with Gasteiger partial charge in [0.2, 0.25) is 5.89 Å². The van der Waals surface area contributed by atoms with Gasteiger partial charge in [-0.05, 0) is 19.7 Å². The second kappa shape index (κ2) is 8.57. The Bertz CT molecular complexity index is 547.